The molecular formula is C12H25N3O. The fourth-order valence-electron chi connectivity index (χ4n) is 2.15. The fourth-order valence-corrected chi connectivity index (χ4v) is 2.15. The summed E-state index contributed by atoms with van der Waals surface area (Å²) in [6.07, 6.45) is 3.58. The zero-order valence-corrected chi connectivity index (χ0v) is 10.8. The second kappa shape index (κ2) is 4.72. The molecule has 1 heterocycles. The molecule has 0 aromatic heterocycles. The Morgan fingerprint density at radius 2 is 1.94 bits per heavy atom. The minimum absolute atomic E-state index is 0.420. The highest BCUT2D eigenvalue weighted by Gasteiger charge is 2.33. The Kier molecular flexibility index (Phi) is 3.97. The van der Waals surface area contributed by atoms with Gasteiger partial charge >= 0.3 is 0 Å². The highest BCUT2D eigenvalue weighted by atomic mass is 16.1. The molecule has 4 N–H and O–H groups in total. The van der Waals surface area contributed by atoms with Crippen molar-refractivity contribution in [3.05, 3.63) is 0 Å². The summed E-state index contributed by atoms with van der Waals surface area (Å²) in [5.74, 6) is -0.420. The molecule has 1 unspecified atom stereocenters. The molecule has 1 aliphatic rings. The molecule has 1 atom stereocenters. The van der Waals surface area contributed by atoms with Gasteiger partial charge in [0.05, 0.1) is 0 Å². The Morgan fingerprint density at radius 1 is 1.44 bits per heavy atom. The third-order valence-electron chi connectivity index (χ3n) is 4.03. The van der Waals surface area contributed by atoms with Crippen LogP contribution in [0.25, 0.3) is 0 Å². The summed E-state index contributed by atoms with van der Waals surface area (Å²) in [6.45, 7) is 8.89. The third kappa shape index (κ3) is 3.19. The number of carbonyl (C=O) groups excluding carboxylic acids is 1. The van der Waals surface area contributed by atoms with Crippen LogP contribution in [0.5, 0.6) is 0 Å². The van der Waals surface area contributed by atoms with Crippen LogP contribution in [0, 0.1) is 5.41 Å². The number of nitrogens with two attached hydrogens (primary N) is 2. The molecule has 1 rings (SSSR count). The van der Waals surface area contributed by atoms with Gasteiger partial charge in [-0.2, -0.15) is 0 Å². The van der Waals surface area contributed by atoms with E-state index >= 15 is 0 Å². The quantitative estimate of drug-likeness (QED) is 0.742. The number of likely N-dealkylation sites (tertiary alicyclic amines) is 1. The lowest BCUT2D eigenvalue weighted by Crippen LogP contribution is -2.58. The summed E-state index contributed by atoms with van der Waals surface area (Å²) >= 11 is 0. The maximum atomic E-state index is 11.1. The van der Waals surface area contributed by atoms with Crippen LogP contribution in [0.15, 0.2) is 0 Å². The van der Waals surface area contributed by atoms with E-state index in [9.17, 15) is 4.79 Å². The Bertz CT molecular complexity index is 255. The summed E-state index contributed by atoms with van der Waals surface area (Å²) in [4.78, 5) is 13.4. The Morgan fingerprint density at radius 3 is 2.31 bits per heavy atom. The van der Waals surface area contributed by atoms with Crippen molar-refractivity contribution in [2.45, 2.75) is 45.6 Å². The molecule has 0 spiro atoms. The summed E-state index contributed by atoms with van der Waals surface area (Å²) < 4.78 is 0. The van der Waals surface area contributed by atoms with Crippen molar-refractivity contribution in [1.82, 2.24) is 4.90 Å². The number of amides is 1. The average molecular weight is 227 g/mol. The minimum Gasteiger partial charge on any atom is -0.368 e. The van der Waals surface area contributed by atoms with E-state index in [1.165, 1.54) is 19.3 Å². The highest BCUT2D eigenvalue weighted by molar-refractivity contribution is 5.84. The van der Waals surface area contributed by atoms with Gasteiger partial charge in [0.15, 0.2) is 0 Å². The van der Waals surface area contributed by atoms with Crippen molar-refractivity contribution in [2.75, 3.05) is 19.6 Å². The molecule has 4 heteroatoms. The van der Waals surface area contributed by atoms with E-state index in [4.69, 9.17) is 11.5 Å². The molecule has 0 saturated carbocycles. The first-order valence-corrected chi connectivity index (χ1v) is 6.10. The first-order chi connectivity index (χ1) is 7.29. The van der Waals surface area contributed by atoms with Gasteiger partial charge in [-0.25, -0.2) is 0 Å². The van der Waals surface area contributed by atoms with Gasteiger partial charge in [-0.15, -0.1) is 0 Å². The number of primary amides is 1. The van der Waals surface area contributed by atoms with Crippen molar-refractivity contribution in [2.24, 2.45) is 16.9 Å². The van der Waals surface area contributed by atoms with Crippen LogP contribution in [0.2, 0.25) is 0 Å². The lowest BCUT2D eigenvalue weighted by molar-refractivity contribution is -0.123. The van der Waals surface area contributed by atoms with Crippen LogP contribution in [0.4, 0.5) is 0 Å². The lowest BCUT2D eigenvalue weighted by atomic mass is 9.78. The van der Waals surface area contributed by atoms with Crippen LogP contribution in [-0.2, 0) is 4.79 Å². The van der Waals surface area contributed by atoms with Crippen LogP contribution in [-0.4, -0.2) is 36.0 Å². The molecule has 0 aliphatic carbocycles. The molecule has 0 aromatic rings. The van der Waals surface area contributed by atoms with Crippen molar-refractivity contribution < 1.29 is 4.79 Å². The van der Waals surface area contributed by atoms with E-state index < -0.39 is 11.4 Å². The van der Waals surface area contributed by atoms with Crippen LogP contribution in [0.3, 0.4) is 0 Å². The summed E-state index contributed by atoms with van der Waals surface area (Å²) in [5, 5.41) is 0. The zero-order valence-electron chi connectivity index (χ0n) is 10.8. The van der Waals surface area contributed by atoms with E-state index in [1.807, 2.05) is 0 Å². The number of nitrogens with zero attached hydrogens (tertiary/aromatic N) is 1. The lowest BCUT2D eigenvalue weighted by Gasteiger charge is -2.41. The normalized spacial score (nSPS) is 25.0. The van der Waals surface area contributed by atoms with Gasteiger partial charge in [-0.3, -0.25) is 4.79 Å². The smallest absolute Gasteiger partial charge is 0.238 e. The van der Waals surface area contributed by atoms with Crippen LogP contribution in [0.1, 0.15) is 40.0 Å². The number of hydrogen-bond donors (Lipinski definition) is 2. The summed E-state index contributed by atoms with van der Waals surface area (Å²) in [7, 11) is 0. The maximum Gasteiger partial charge on any atom is 0.238 e. The number of piperidine rings is 1. The molecule has 1 fully saturated rings. The predicted molar refractivity (Wildman–Crippen MR) is 65.9 cm³/mol. The molecule has 0 radical (unpaired) electrons. The standard InChI is InChI=1S/C12H25N3O/c1-4-11(2)5-7-15(8-6-11)9-12(3,14)10(13)16/h4-9,14H2,1-3H3,(H2,13,16). The molecule has 0 bridgehead atoms. The molecule has 94 valence electrons. The van der Waals surface area contributed by atoms with Gasteiger partial charge in [0.25, 0.3) is 0 Å². The van der Waals surface area contributed by atoms with E-state index in [0.717, 1.165) is 13.1 Å². The average Bonchev–Trinajstić information content (AvgIpc) is 2.21. The first-order valence-electron chi connectivity index (χ1n) is 6.10. The van der Waals surface area contributed by atoms with Gasteiger partial charge in [0.2, 0.25) is 5.91 Å². The van der Waals surface area contributed by atoms with Gasteiger partial charge in [-0.05, 0) is 38.3 Å². The van der Waals surface area contributed by atoms with Crippen molar-refractivity contribution in [3.63, 3.8) is 0 Å². The second-order valence-corrected chi connectivity index (χ2v) is 5.72. The Balaban J connectivity index is 2.46. The van der Waals surface area contributed by atoms with Crippen LogP contribution < -0.4 is 11.5 Å². The summed E-state index contributed by atoms with van der Waals surface area (Å²) in [5.41, 5.74) is 10.7. The van der Waals surface area contributed by atoms with Crippen LogP contribution >= 0.6 is 0 Å². The molecule has 1 saturated heterocycles. The Hall–Kier alpha value is -0.610. The third-order valence-corrected chi connectivity index (χ3v) is 4.03. The van der Waals surface area contributed by atoms with E-state index in [2.05, 4.69) is 18.7 Å². The first kappa shape index (κ1) is 13.5. The van der Waals surface area contributed by atoms with Crippen molar-refractivity contribution in [3.8, 4) is 0 Å². The molecular weight excluding hydrogens is 202 g/mol. The van der Waals surface area contributed by atoms with Gasteiger partial charge in [0, 0.05) is 6.54 Å². The van der Waals surface area contributed by atoms with Gasteiger partial charge in [-0.1, -0.05) is 20.3 Å². The molecule has 1 amide bonds. The van der Waals surface area contributed by atoms with E-state index in [0.29, 0.717) is 12.0 Å². The van der Waals surface area contributed by atoms with E-state index in [1.54, 1.807) is 6.92 Å². The summed E-state index contributed by atoms with van der Waals surface area (Å²) in [6, 6.07) is 0. The Labute approximate surface area is 98.3 Å². The maximum absolute atomic E-state index is 11.1. The second-order valence-electron chi connectivity index (χ2n) is 5.72. The zero-order chi connectivity index (χ0) is 12.4. The molecule has 0 aromatic carbocycles. The highest BCUT2D eigenvalue weighted by Crippen LogP contribution is 2.34. The molecule has 16 heavy (non-hydrogen) atoms. The minimum atomic E-state index is -0.903. The van der Waals surface area contributed by atoms with Gasteiger partial charge < -0.3 is 16.4 Å². The van der Waals surface area contributed by atoms with Crippen molar-refractivity contribution >= 4 is 5.91 Å². The molecule has 1 aliphatic heterocycles. The number of rotatable bonds is 4. The monoisotopic (exact) mass is 227 g/mol. The van der Waals surface area contributed by atoms with Crippen molar-refractivity contribution in [1.29, 1.82) is 0 Å². The topological polar surface area (TPSA) is 72.3 Å². The number of carbonyl (C=O) groups is 1. The largest absolute Gasteiger partial charge is 0.368 e. The predicted octanol–water partition coefficient (Wildman–Crippen LogP) is 0.701. The van der Waals surface area contributed by atoms with E-state index in [-0.39, 0.29) is 0 Å². The number of hydrogen-bond acceptors (Lipinski definition) is 3. The van der Waals surface area contributed by atoms with Gasteiger partial charge in [0.1, 0.15) is 5.54 Å². The SMILES string of the molecule is CCC1(C)CCN(CC(C)(N)C(N)=O)CC1. The fraction of sp³-hybridized carbons (Fsp3) is 0.917. The molecule has 4 nitrogen and oxygen atoms in total.